The standard InChI is InChI=1S/C17H21N3O.ClH/c1-11-4-5-14-13(7-11)8-15(19-14)17(21)20-9-12-3-2-6-18-16(12)10-20;/h4-5,7-8,12,16,18-19H,2-3,6,9-10H2,1H3;1H/t12-,16+;/m1./s1. The minimum atomic E-state index is 0. The first kappa shape index (κ1) is 15.4. The van der Waals surface area contributed by atoms with E-state index in [1.54, 1.807) is 0 Å². The highest BCUT2D eigenvalue weighted by atomic mass is 35.5. The van der Waals surface area contributed by atoms with Crippen molar-refractivity contribution in [3.63, 3.8) is 0 Å². The fraction of sp³-hybridized carbons (Fsp3) is 0.471. The van der Waals surface area contributed by atoms with E-state index < -0.39 is 0 Å². The fourth-order valence-corrected chi connectivity index (χ4v) is 3.75. The topological polar surface area (TPSA) is 48.1 Å². The van der Waals surface area contributed by atoms with E-state index in [1.165, 1.54) is 18.4 Å². The van der Waals surface area contributed by atoms with E-state index in [-0.39, 0.29) is 18.3 Å². The summed E-state index contributed by atoms with van der Waals surface area (Å²) < 4.78 is 0. The normalized spacial score (nSPS) is 24.1. The van der Waals surface area contributed by atoms with Crippen LogP contribution in [0.4, 0.5) is 0 Å². The van der Waals surface area contributed by atoms with Crippen LogP contribution >= 0.6 is 12.4 Å². The van der Waals surface area contributed by atoms with Crippen molar-refractivity contribution in [3.8, 4) is 0 Å². The van der Waals surface area contributed by atoms with Crippen molar-refractivity contribution in [1.82, 2.24) is 15.2 Å². The summed E-state index contributed by atoms with van der Waals surface area (Å²) in [5.74, 6) is 0.773. The van der Waals surface area contributed by atoms with Gasteiger partial charge < -0.3 is 15.2 Å². The third-order valence-corrected chi connectivity index (χ3v) is 4.89. The molecule has 2 aliphatic heterocycles. The van der Waals surface area contributed by atoms with E-state index in [0.717, 1.165) is 30.5 Å². The van der Waals surface area contributed by atoms with Crippen LogP contribution in [0, 0.1) is 12.8 Å². The van der Waals surface area contributed by atoms with Crippen molar-refractivity contribution >= 4 is 29.2 Å². The van der Waals surface area contributed by atoms with E-state index in [2.05, 4.69) is 29.4 Å². The van der Waals surface area contributed by atoms with Crippen molar-refractivity contribution in [2.45, 2.75) is 25.8 Å². The number of aromatic amines is 1. The maximum Gasteiger partial charge on any atom is 0.270 e. The van der Waals surface area contributed by atoms with Crippen LogP contribution in [0.2, 0.25) is 0 Å². The van der Waals surface area contributed by atoms with Crippen LogP contribution in [0.3, 0.4) is 0 Å². The number of nitrogens with one attached hydrogen (secondary N) is 2. The number of carbonyl (C=O) groups excluding carboxylic acids is 1. The monoisotopic (exact) mass is 319 g/mol. The lowest BCUT2D eigenvalue weighted by atomic mass is 9.94. The van der Waals surface area contributed by atoms with E-state index in [1.807, 2.05) is 17.0 Å². The molecule has 0 radical (unpaired) electrons. The van der Waals surface area contributed by atoms with Gasteiger partial charge in [0.15, 0.2) is 0 Å². The molecule has 2 aliphatic rings. The summed E-state index contributed by atoms with van der Waals surface area (Å²) in [6, 6.07) is 8.72. The Morgan fingerprint density at radius 3 is 2.95 bits per heavy atom. The smallest absolute Gasteiger partial charge is 0.270 e. The zero-order valence-corrected chi connectivity index (χ0v) is 13.6. The minimum absolute atomic E-state index is 0. The summed E-state index contributed by atoms with van der Waals surface area (Å²) in [4.78, 5) is 18.0. The molecule has 3 heterocycles. The molecular formula is C17H22ClN3O. The quantitative estimate of drug-likeness (QED) is 0.849. The molecule has 0 saturated carbocycles. The van der Waals surface area contributed by atoms with E-state index in [9.17, 15) is 4.79 Å². The number of likely N-dealkylation sites (tertiary alicyclic amines) is 1. The number of carbonyl (C=O) groups is 1. The largest absolute Gasteiger partial charge is 0.351 e. The molecule has 2 atom stereocenters. The van der Waals surface area contributed by atoms with Gasteiger partial charge in [-0.15, -0.1) is 12.4 Å². The molecule has 1 aromatic carbocycles. The molecule has 0 bridgehead atoms. The van der Waals surface area contributed by atoms with Gasteiger partial charge in [0.1, 0.15) is 5.69 Å². The Labute approximate surface area is 136 Å². The molecule has 118 valence electrons. The number of hydrogen-bond acceptors (Lipinski definition) is 2. The Morgan fingerprint density at radius 1 is 1.27 bits per heavy atom. The molecule has 22 heavy (non-hydrogen) atoms. The van der Waals surface area contributed by atoms with Crippen LogP contribution in [-0.2, 0) is 0 Å². The average molecular weight is 320 g/mol. The Bertz CT molecular complexity index is 682. The fourth-order valence-electron chi connectivity index (χ4n) is 3.75. The predicted octanol–water partition coefficient (Wildman–Crippen LogP) is 2.72. The molecule has 0 unspecified atom stereocenters. The van der Waals surface area contributed by atoms with Gasteiger partial charge in [0.25, 0.3) is 5.91 Å². The van der Waals surface area contributed by atoms with Crippen molar-refractivity contribution in [1.29, 1.82) is 0 Å². The number of rotatable bonds is 1. The Morgan fingerprint density at radius 2 is 2.14 bits per heavy atom. The minimum Gasteiger partial charge on any atom is -0.351 e. The first-order valence-electron chi connectivity index (χ1n) is 7.83. The highest BCUT2D eigenvalue weighted by molar-refractivity contribution is 5.98. The van der Waals surface area contributed by atoms with Gasteiger partial charge in [0.2, 0.25) is 0 Å². The highest BCUT2D eigenvalue weighted by Crippen LogP contribution is 2.26. The third-order valence-electron chi connectivity index (χ3n) is 4.89. The van der Waals surface area contributed by atoms with Gasteiger partial charge in [-0.05, 0) is 50.4 Å². The van der Waals surface area contributed by atoms with Gasteiger partial charge in [-0.25, -0.2) is 0 Å². The summed E-state index contributed by atoms with van der Waals surface area (Å²) >= 11 is 0. The predicted molar refractivity (Wildman–Crippen MR) is 90.7 cm³/mol. The SMILES string of the molecule is Cc1ccc2[nH]c(C(=O)N3C[C@H]4CCCN[C@H]4C3)cc2c1.Cl. The average Bonchev–Trinajstić information content (AvgIpc) is 3.09. The Kier molecular flexibility index (Phi) is 4.15. The van der Waals surface area contributed by atoms with Gasteiger partial charge in [-0.2, -0.15) is 0 Å². The number of aromatic nitrogens is 1. The molecule has 2 saturated heterocycles. The lowest BCUT2D eigenvalue weighted by Crippen LogP contribution is -2.41. The number of aryl methyl sites for hydroxylation is 1. The van der Waals surface area contributed by atoms with Crippen LogP contribution in [0.15, 0.2) is 24.3 Å². The van der Waals surface area contributed by atoms with Crippen molar-refractivity contribution < 1.29 is 4.79 Å². The molecule has 1 aromatic heterocycles. The summed E-state index contributed by atoms with van der Waals surface area (Å²) in [5.41, 5.74) is 2.98. The number of hydrogen-bond donors (Lipinski definition) is 2. The molecule has 5 heteroatoms. The molecule has 0 aliphatic carbocycles. The number of fused-ring (bicyclic) bond motifs is 2. The summed E-state index contributed by atoms with van der Waals surface area (Å²) in [5, 5.41) is 4.67. The second-order valence-electron chi connectivity index (χ2n) is 6.45. The number of H-pyrrole nitrogens is 1. The molecular weight excluding hydrogens is 298 g/mol. The van der Waals surface area contributed by atoms with Gasteiger partial charge in [0, 0.05) is 30.0 Å². The zero-order valence-electron chi connectivity index (χ0n) is 12.8. The molecule has 4 rings (SSSR count). The Hall–Kier alpha value is -1.52. The molecule has 2 aromatic rings. The number of amides is 1. The van der Waals surface area contributed by atoms with Crippen LogP contribution in [0.25, 0.3) is 10.9 Å². The molecule has 1 amide bonds. The number of benzene rings is 1. The molecule has 0 spiro atoms. The van der Waals surface area contributed by atoms with Gasteiger partial charge >= 0.3 is 0 Å². The van der Waals surface area contributed by atoms with Crippen LogP contribution < -0.4 is 5.32 Å². The lowest BCUT2D eigenvalue weighted by Gasteiger charge is -2.24. The van der Waals surface area contributed by atoms with E-state index in [4.69, 9.17) is 0 Å². The number of piperidine rings is 1. The second-order valence-corrected chi connectivity index (χ2v) is 6.45. The summed E-state index contributed by atoms with van der Waals surface area (Å²) in [7, 11) is 0. The molecule has 2 fully saturated rings. The van der Waals surface area contributed by atoms with E-state index >= 15 is 0 Å². The highest BCUT2D eigenvalue weighted by Gasteiger charge is 2.36. The first-order chi connectivity index (χ1) is 10.2. The first-order valence-corrected chi connectivity index (χ1v) is 7.83. The van der Waals surface area contributed by atoms with Crippen molar-refractivity contribution in [2.75, 3.05) is 19.6 Å². The van der Waals surface area contributed by atoms with Crippen molar-refractivity contribution in [2.24, 2.45) is 5.92 Å². The van der Waals surface area contributed by atoms with Crippen LogP contribution in [0.1, 0.15) is 28.9 Å². The lowest BCUT2D eigenvalue weighted by molar-refractivity contribution is 0.0781. The Balaban J connectivity index is 0.00000144. The maximum atomic E-state index is 12.7. The van der Waals surface area contributed by atoms with Crippen LogP contribution in [-0.4, -0.2) is 41.5 Å². The molecule has 2 N–H and O–H groups in total. The second kappa shape index (κ2) is 5.94. The van der Waals surface area contributed by atoms with Gasteiger partial charge in [-0.1, -0.05) is 11.6 Å². The van der Waals surface area contributed by atoms with Crippen LogP contribution in [0.5, 0.6) is 0 Å². The van der Waals surface area contributed by atoms with Gasteiger partial charge in [-0.3, -0.25) is 4.79 Å². The summed E-state index contributed by atoms with van der Waals surface area (Å²) in [6.07, 6.45) is 2.47. The van der Waals surface area contributed by atoms with Crippen molar-refractivity contribution in [3.05, 3.63) is 35.5 Å². The third kappa shape index (κ3) is 2.61. The molecule has 4 nitrogen and oxygen atoms in total. The zero-order chi connectivity index (χ0) is 14.4. The van der Waals surface area contributed by atoms with E-state index in [0.29, 0.717) is 17.7 Å². The number of halogens is 1. The maximum absolute atomic E-state index is 12.7. The van der Waals surface area contributed by atoms with Gasteiger partial charge in [0.05, 0.1) is 0 Å². The summed E-state index contributed by atoms with van der Waals surface area (Å²) in [6.45, 7) is 4.91. The number of nitrogens with zero attached hydrogens (tertiary/aromatic N) is 1.